The van der Waals surface area contributed by atoms with E-state index in [9.17, 15) is 8.78 Å². The molecule has 1 aromatic carbocycles. The van der Waals surface area contributed by atoms with Crippen molar-refractivity contribution in [3.05, 3.63) is 35.4 Å². The Balaban J connectivity index is 0.00000264. The second-order valence-corrected chi connectivity index (χ2v) is 5.81. The zero-order valence-electron chi connectivity index (χ0n) is 13.6. The van der Waals surface area contributed by atoms with Gasteiger partial charge in [-0.1, -0.05) is 0 Å². The molecule has 0 aliphatic carbocycles. The molecule has 1 saturated heterocycles. The number of benzene rings is 1. The van der Waals surface area contributed by atoms with Crippen molar-refractivity contribution in [2.45, 2.75) is 19.4 Å². The van der Waals surface area contributed by atoms with E-state index in [2.05, 4.69) is 27.6 Å². The van der Waals surface area contributed by atoms with Crippen molar-refractivity contribution in [2.24, 2.45) is 10.9 Å². The van der Waals surface area contributed by atoms with E-state index in [1.807, 2.05) is 0 Å². The maximum Gasteiger partial charge on any atom is 0.191 e. The van der Waals surface area contributed by atoms with Crippen molar-refractivity contribution in [3.63, 3.8) is 0 Å². The monoisotopic (exact) mass is 438 g/mol. The van der Waals surface area contributed by atoms with E-state index >= 15 is 0 Å². The normalized spacial score (nSPS) is 19.1. The Labute approximate surface area is 153 Å². The van der Waals surface area contributed by atoms with Crippen LogP contribution in [0, 0.1) is 17.6 Å². The van der Waals surface area contributed by atoms with Gasteiger partial charge in [0.15, 0.2) is 5.96 Å². The number of piperidine rings is 1. The van der Waals surface area contributed by atoms with Crippen molar-refractivity contribution in [2.75, 3.05) is 33.7 Å². The van der Waals surface area contributed by atoms with Crippen molar-refractivity contribution >= 4 is 29.9 Å². The van der Waals surface area contributed by atoms with Gasteiger partial charge in [0, 0.05) is 32.2 Å². The van der Waals surface area contributed by atoms with Crippen LogP contribution in [-0.2, 0) is 6.54 Å². The first-order valence-corrected chi connectivity index (χ1v) is 7.65. The first-order valence-electron chi connectivity index (χ1n) is 7.65. The molecule has 1 aliphatic heterocycles. The van der Waals surface area contributed by atoms with Crippen LogP contribution >= 0.6 is 24.0 Å². The molecular formula is C16H25F2IN4. The number of guanidine groups is 1. The van der Waals surface area contributed by atoms with E-state index in [0.29, 0.717) is 17.4 Å². The van der Waals surface area contributed by atoms with Crippen molar-refractivity contribution in [3.8, 4) is 0 Å². The number of nitrogens with zero attached hydrogens (tertiary/aromatic N) is 2. The fourth-order valence-corrected chi connectivity index (χ4v) is 2.76. The first-order chi connectivity index (χ1) is 10.6. The fraction of sp³-hybridized carbons (Fsp3) is 0.562. The van der Waals surface area contributed by atoms with E-state index in [0.717, 1.165) is 31.8 Å². The highest BCUT2D eigenvalue weighted by Gasteiger charge is 2.17. The minimum atomic E-state index is -0.439. The second kappa shape index (κ2) is 10.0. The van der Waals surface area contributed by atoms with Crippen LogP contribution in [0.2, 0.25) is 0 Å². The van der Waals surface area contributed by atoms with Gasteiger partial charge in [-0.2, -0.15) is 0 Å². The van der Waals surface area contributed by atoms with Gasteiger partial charge in [-0.3, -0.25) is 4.99 Å². The Morgan fingerprint density at radius 3 is 2.83 bits per heavy atom. The topological polar surface area (TPSA) is 39.7 Å². The van der Waals surface area contributed by atoms with Gasteiger partial charge in [0.05, 0.1) is 0 Å². The third-order valence-corrected chi connectivity index (χ3v) is 3.96. The van der Waals surface area contributed by atoms with Gasteiger partial charge in [-0.15, -0.1) is 24.0 Å². The standard InChI is InChI=1S/C16H24F2N4.HI/c1-19-16(20-9-12-4-3-7-22(2)11-12)21-10-13-8-14(17)5-6-15(13)18;/h5-6,8,12H,3-4,7,9-11H2,1-2H3,(H2,19,20,21);1H. The summed E-state index contributed by atoms with van der Waals surface area (Å²) in [5.41, 5.74) is 0.292. The largest absolute Gasteiger partial charge is 0.356 e. The van der Waals surface area contributed by atoms with Crippen LogP contribution in [0.1, 0.15) is 18.4 Å². The summed E-state index contributed by atoms with van der Waals surface area (Å²) < 4.78 is 26.7. The predicted molar refractivity (Wildman–Crippen MR) is 100 cm³/mol. The van der Waals surface area contributed by atoms with Gasteiger partial charge >= 0.3 is 0 Å². The highest BCUT2D eigenvalue weighted by molar-refractivity contribution is 14.0. The Morgan fingerprint density at radius 2 is 2.13 bits per heavy atom. The molecule has 1 atom stereocenters. The first kappa shape index (κ1) is 20.1. The van der Waals surface area contributed by atoms with E-state index in [1.54, 1.807) is 7.05 Å². The lowest BCUT2D eigenvalue weighted by Gasteiger charge is -2.30. The molecule has 7 heteroatoms. The molecule has 0 bridgehead atoms. The summed E-state index contributed by atoms with van der Waals surface area (Å²) in [6.07, 6.45) is 2.41. The summed E-state index contributed by atoms with van der Waals surface area (Å²) >= 11 is 0. The van der Waals surface area contributed by atoms with Gasteiger partial charge in [-0.05, 0) is 50.6 Å². The Bertz CT molecular complexity index is 525. The minimum absolute atomic E-state index is 0. The van der Waals surface area contributed by atoms with Gasteiger partial charge in [0.1, 0.15) is 11.6 Å². The second-order valence-electron chi connectivity index (χ2n) is 5.81. The van der Waals surface area contributed by atoms with E-state index in [4.69, 9.17) is 0 Å². The zero-order valence-corrected chi connectivity index (χ0v) is 15.9. The average Bonchev–Trinajstić information content (AvgIpc) is 2.51. The maximum atomic E-state index is 13.6. The van der Waals surface area contributed by atoms with Gasteiger partial charge in [-0.25, -0.2) is 8.78 Å². The highest BCUT2D eigenvalue weighted by atomic mass is 127. The van der Waals surface area contributed by atoms with Gasteiger partial charge in [0.2, 0.25) is 0 Å². The van der Waals surface area contributed by atoms with E-state index in [-0.39, 0.29) is 30.5 Å². The SMILES string of the molecule is CN=C(NCc1cc(F)ccc1F)NCC1CCCN(C)C1.I. The van der Waals surface area contributed by atoms with Crippen molar-refractivity contribution < 1.29 is 8.78 Å². The molecular weight excluding hydrogens is 413 g/mol. The summed E-state index contributed by atoms with van der Waals surface area (Å²) in [6.45, 7) is 3.26. The quantitative estimate of drug-likeness (QED) is 0.432. The number of likely N-dealkylation sites (tertiary alicyclic amines) is 1. The number of hydrogen-bond donors (Lipinski definition) is 2. The molecule has 0 radical (unpaired) electrons. The zero-order chi connectivity index (χ0) is 15.9. The van der Waals surface area contributed by atoms with Crippen molar-refractivity contribution in [1.29, 1.82) is 0 Å². The summed E-state index contributed by atoms with van der Waals surface area (Å²) in [7, 11) is 3.80. The third kappa shape index (κ3) is 6.58. The molecule has 1 aliphatic rings. The van der Waals surface area contributed by atoms with Gasteiger partial charge < -0.3 is 15.5 Å². The summed E-state index contributed by atoms with van der Waals surface area (Å²) in [4.78, 5) is 6.45. The van der Waals surface area contributed by atoms with Crippen LogP contribution < -0.4 is 10.6 Å². The molecule has 1 aromatic rings. The molecule has 2 N–H and O–H groups in total. The number of nitrogens with one attached hydrogen (secondary N) is 2. The molecule has 1 heterocycles. The lowest BCUT2D eigenvalue weighted by molar-refractivity contribution is 0.210. The van der Waals surface area contributed by atoms with Crippen LogP contribution in [0.15, 0.2) is 23.2 Å². The lowest BCUT2D eigenvalue weighted by Crippen LogP contribution is -2.43. The van der Waals surface area contributed by atoms with Crippen LogP contribution in [0.5, 0.6) is 0 Å². The minimum Gasteiger partial charge on any atom is -0.356 e. The molecule has 0 saturated carbocycles. The van der Waals surface area contributed by atoms with Crippen LogP contribution in [0.25, 0.3) is 0 Å². The number of rotatable bonds is 4. The van der Waals surface area contributed by atoms with E-state index < -0.39 is 11.6 Å². The van der Waals surface area contributed by atoms with Crippen LogP contribution in [-0.4, -0.2) is 44.6 Å². The number of aliphatic imine (C=N–C) groups is 1. The Morgan fingerprint density at radius 1 is 1.35 bits per heavy atom. The highest BCUT2D eigenvalue weighted by Crippen LogP contribution is 2.14. The molecule has 0 spiro atoms. The van der Waals surface area contributed by atoms with Crippen LogP contribution in [0.3, 0.4) is 0 Å². The number of hydrogen-bond acceptors (Lipinski definition) is 2. The number of halogens is 3. The summed E-state index contributed by atoms with van der Waals surface area (Å²) in [5, 5.41) is 6.28. The molecule has 0 aromatic heterocycles. The van der Waals surface area contributed by atoms with Crippen LogP contribution in [0.4, 0.5) is 8.78 Å². The third-order valence-electron chi connectivity index (χ3n) is 3.96. The summed E-state index contributed by atoms with van der Waals surface area (Å²) in [5.74, 6) is 0.338. The lowest BCUT2D eigenvalue weighted by atomic mass is 9.99. The molecule has 23 heavy (non-hydrogen) atoms. The fourth-order valence-electron chi connectivity index (χ4n) is 2.76. The summed E-state index contributed by atoms with van der Waals surface area (Å²) in [6, 6.07) is 3.46. The molecule has 130 valence electrons. The maximum absolute atomic E-state index is 13.6. The van der Waals surface area contributed by atoms with Gasteiger partial charge in [0.25, 0.3) is 0 Å². The molecule has 1 fully saturated rings. The average molecular weight is 438 g/mol. The Hall–Kier alpha value is -0.960. The smallest absolute Gasteiger partial charge is 0.191 e. The Kier molecular flexibility index (Phi) is 8.75. The van der Waals surface area contributed by atoms with Crippen molar-refractivity contribution in [1.82, 2.24) is 15.5 Å². The molecule has 1 unspecified atom stereocenters. The predicted octanol–water partition coefficient (Wildman–Crippen LogP) is 2.59. The van der Waals surface area contributed by atoms with E-state index in [1.165, 1.54) is 18.9 Å². The molecule has 0 amide bonds. The molecule has 2 rings (SSSR count). The molecule has 4 nitrogen and oxygen atoms in total.